The SMILES string of the molecule is C#CCCNCC(O)c1ccc(C(C)C)cc1. The first-order valence-corrected chi connectivity index (χ1v) is 6.07. The number of nitrogens with one attached hydrogen (secondary N) is 1. The van der Waals surface area contributed by atoms with Crippen molar-refractivity contribution in [2.75, 3.05) is 13.1 Å². The maximum Gasteiger partial charge on any atom is 0.0914 e. The number of aliphatic hydroxyl groups is 1. The zero-order valence-corrected chi connectivity index (χ0v) is 10.6. The molecule has 0 heterocycles. The molecule has 92 valence electrons. The van der Waals surface area contributed by atoms with E-state index in [1.165, 1.54) is 5.56 Å². The predicted molar refractivity (Wildman–Crippen MR) is 71.8 cm³/mol. The zero-order chi connectivity index (χ0) is 12.7. The molecule has 0 aliphatic carbocycles. The molecular formula is C15H21NO. The normalized spacial score (nSPS) is 12.4. The van der Waals surface area contributed by atoms with Crippen LogP contribution in [-0.2, 0) is 0 Å². The summed E-state index contributed by atoms with van der Waals surface area (Å²) in [5, 5.41) is 13.1. The van der Waals surface area contributed by atoms with Gasteiger partial charge < -0.3 is 10.4 Å². The summed E-state index contributed by atoms with van der Waals surface area (Å²) < 4.78 is 0. The van der Waals surface area contributed by atoms with Gasteiger partial charge in [-0.25, -0.2) is 0 Å². The molecule has 1 aromatic rings. The maximum atomic E-state index is 9.94. The Morgan fingerprint density at radius 2 is 1.82 bits per heavy atom. The van der Waals surface area contributed by atoms with E-state index in [-0.39, 0.29) is 0 Å². The fraction of sp³-hybridized carbons (Fsp3) is 0.467. The monoisotopic (exact) mass is 231 g/mol. The second kappa shape index (κ2) is 7.11. The molecule has 2 nitrogen and oxygen atoms in total. The van der Waals surface area contributed by atoms with Gasteiger partial charge in [0.25, 0.3) is 0 Å². The van der Waals surface area contributed by atoms with Crippen molar-refractivity contribution in [1.29, 1.82) is 0 Å². The van der Waals surface area contributed by atoms with Gasteiger partial charge in [0.1, 0.15) is 0 Å². The molecule has 0 spiro atoms. The number of benzene rings is 1. The lowest BCUT2D eigenvalue weighted by molar-refractivity contribution is 0.175. The molecule has 2 heteroatoms. The molecule has 1 rings (SSSR count). The predicted octanol–water partition coefficient (Wildman–Crippen LogP) is 2.46. The van der Waals surface area contributed by atoms with Gasteiger partial charge >= 0.3 is 0 Å². The molecule has 0 saturated heterocycles. The molecule has 0 aliphatic rings. The average Bonchev–Trinajstić information content (AvgIpc) is 2.34. The highest BCUT2D eigenvalue weighted by atomic mass is 16.3. The van der Waals surface area contributed by atoms with E-state index in [1.807, 2.05) is 12.1 Å². The minimum Gasteiger partial charge on any atom is -0.387 e. The summed E-state index contributed by atoms with van der Waals surface area (Å²) in [5.74, 6) is 3.08. The Kier molecular flexibility index (Phi) is 5.76. The third-order valence-corrected chi connectivity index (χ3v) is 2.77. The van der Waals surface area contributed by atoms with Crippen LogP contribution in [0.5, 0.6) is 0 Å². The quantitative estimate of drug-likeness (QED) is 0.582. The van der Waals surface area contributed by atoms with Crippen molar-refractivity contribution in [1.82, 2.24) is 5.32 Å². The molecule has 0 amide bonds. The van der Waals surface area contributed by atoms with Gasteiger partial charge in [0, 0.05) is 19.5 Å². The van der Waals surface area contributed by atoms with E-state index in [2.05, 4.69) is 37.2 Å². The standard InChI is InChI=1S/C15H21NO/c1-4-5-10-16-11-15(17)14-8-6-13(7-9-14)12(2)3/h1,6-9,12,15-17H,5,10-11H2,2-3H3. The van der Waals surface area contributed by atoms with Gasteiger partial charge in [-0.15, -0.1) is 12.3 Å². The molecule has 0 fully saturated rings. The fourth-order valence-electron chi connectivity index (χ4n) is 1.62. The van der Waals surface area contributed by atoms with Gasteiger partial charge in [-0.1, -0.05) is 38.1 Å². The number of hydrogen-bond donors (Lipinski definition) is 2. The van der Waals surface area contributed by atoms with Crippen LogP contribution in [-0.4, -0.2) is 18.2 Å². The number of hydrogen-bond acceptors (Lipinski definition) is 2. The van der Waals surface area contributed by atoms with Crippen molar-refractivity contribution >= 4 is 0 Å². The van der Waals surface area contributed by atoms with E-state index in [1.54, 1.807) is 0 Å². The number of rotatable bonds is 6. The third-order valence-electron chi connectivity index (χ3n) is 2.77. The molecule has 0 aromatic heterocycles. The smallest absolute Gasteiger partial charge is 0.0914 e. The van der Waals surface area contributed by atoms with Crippen molar-refractivity contribution in [3.8, 4) is 12.3 Å². The molecule has 0 radical (unpaired) electrons. The molecule has 0 saturated carbocycles. The minimum absolute atomic E-state index is 0.464. The lowest BCUT2D eigenvalue weighted by Gasteiger charge is -2.13. The Balaban J connectivity index is 2.46. The summed E-state index contributed by atoms with van der Waals surface area (Å²) in [4.78, 5) is 0. The lowest BCUT2D eigenvalue weighted by Crippen LogP contribution is -2.22. The van der Waals surface area contributed by atoms with Gasteiger partial charge in [0.2, 0.25) is 0 Å². The van der Waals surface area contributed by atoms with E-state index in [4.69, 9.17) is 6.42 Å². The topological polar surface area (TPSA) is 32.3 Å². The highest BCUT2D eigenvalue weighted by Crippen LogP contribution is 2.18. The third kappa shape index (κ3) is 4.60. The zero-order valence-electron chi connectivity index (χ0n) is 10.6. The van der Waals surface area contributed by atoms with Gasteiger partial charge in [-0.2, -0.15) is 0 Å². The highest BCUT2D eigenvalue weighted by molar-refractivity contribution is 5.26. The summed E-state index contributed by atoms with van der Waals surface area (Å²) >= 11 is 0. The van der Waals surface area contributed by atoms with Crippen LogP contribution >= 0.6 is 0 Å². The highest BCUT2D eigenvalue weighted by Gasteiger charge is 2.07. The van der Waals surface area contributed by atoms with E-state index in [9.17, 15) is 5.11 Å². The first-order chi connectivity index (χ1) is 8.15. The Bertz CT molecular complexity index is 362. The van der Waals surface area contributed by atoms with E-state index >= 15 is 0 Å². The summed E-state index contributed by atoms with van der Waals surface area (Å²) in [5.41, 5.74) is 2.24. The van der Waals surface area contributed by atoms with E-state index < -0.39 is 6.10 Å². The van der Waals surface area contributed by atoms with Gasteiger partial charge in [0.05, 0.1) is 6.10 Å². The maximum absolute atomic E-state index is 9.94. The number of aliphatic hydroxyl groups excluding tert-OH is 1. The average molecular weight is 231 g/mol. The molecule has 1 atom stereocenters. The van der Waals surface area contributed by atoms with Crippen molar-refractivity contribution < 1.29 is 5.11 Å². The molecule has 0 bridgehead atoms. The number of terminal acetylenes is 1. The lowest BCUT2D eigenvalue weighted by atomic mass is 10.00. The fourth-order valence-corrected chi connectivity index (χ4v) is 1.62. The van der Waals surface area contributed by atoms with Crippen LogP contribution in [0.15, 0.2) is 24.3 Å². The largest absolute Gasteiger partial charge is 0.387 e. The Hall–Kier alpha value is -1.30. The van der Waals surface area contributed by atoms with Gasteiger partial charge in [-0.3, -0.25) is 0 Å². The van der Waals surface area contributed by atoms with Crippen molar-refractivity contribution in [3.63, 3.8) is 0 Å². The first kappa shape index (κ1) is 13.8. The van der Waals surface area contributed by atoms with Crippen LogP contribution in [0.3, 0.4) is 0 Å². The van der Waals surface area contributed by atoms with Crippen molar-refractivity contribution in [2.45, 2.75) is 32.3 Å². The van der Waals surface area contributed by atoms with Crippen LogP contribution in [0.25, 0.3) is 0 Å². The summed E-state index contributed by atoms with van der Waals surface area (Å²) in [7, 11) is 0. The molecule has 17 heavy (non-hydrogen) atoms. The van der Waals surface area contributed by atoms with Crippen LogP contribution < -0.4 is 5.32 Å². The van der Waals surface area contributed by atoms with Gasteiger partial charge in [0.15, 0.2) is 0 Å². The van der Waals surface area contributed by atoms with Crippen molar-refractivity contribution in [2.24, 2.45) is 0 Å². The molecule has 1 unspecified atom stereocenters. The summed E-state index contributed by atoms with van der Waals surface area (Å²) in [6.45, 7) is 5.61. The van der Waals surface area contributed by atoms with Crippen LogP contribution in [0, 0.1) is 12.3 Å². The van der Waals surface area contributed by atoms with Crippen LogP contribution in [0.4, 0.5) is 0 Å². The Labute approximate surface area is 104 Å². The first-order valence-electron chi connectivity index (χ1n) is 6.07. The van der Waals surface area contributed by atoms with Crippen LogP contribution in [0.2, 0.25) is 0 Å². The second-order valence-corrected chi connectivity index (χ2v) is 4.50. The van der Waals surface area contributed by atoms with Crippen LogP contribution in [0.1, 0.15) is 43.4 Å². The Morgan fingerprint density at radius 3 is 2.35 bits per heavy atom. The molecule has 1 aromatic carbocycles. The molecular weight excluding hydrogens is 210 g/mol. The minimum atomic E-state index is -0.464. The Morgan fingerprint density at radius 1 is 1.24 bits per heavy atom. The summed E-state index contributed by atoms with van der Waals surface area (Å²) in [6, 6.07) is 8.13. The molecule has 0 aliphatic heterocycles. The van der Waals surface area contributed by atoms with Gasteiger partial charge in [-0.05, 0) is 17.0 Å². The van der Waals surface area contributed by atoms with E-state index in [0.717, 1.165) is 12.1 Å². The second-order valence-electron chi connectivity index (χ2n) is 4.50. The summed E-state index contributed by atoms with van der Waals surface area (Å²) in [6.07, 6.45) is 5.38. The van der Waals surface area contributed by atoms with E-state index in [0.29, 0.717) is 18.9 Å². The molecule has 2 N–H and O–H groups in total. The van der Waals surface area contributed by atoms with Crippen molar-refractivity contribution in [3.05, 3.63) is 35.4 Å².